The highest BCUT2D eigenvalue weighted by Crippen LogP contribution is 2.28. The van der Waals surface area contributed by atoms with Crippen molar-refractivity contribution < 1.29 is 28.4 Å². The van der Waals surface area contributed by atoms with Crippen LogP contribution in [0.1, 0.15) is 18.4 Å². The first-order valence-electron chi connectivity index (χ1n) is 10.7. The van der Waals surface area contributed by atoms with Crippen LogP contribution in [0, 0.1) is 5.92 Å². The number of rotatable bonds is 5. The van der Waals surface area contributed by atoms with Gasteiger partial charge in [0.25, 0.3) is 5.91 Å². The molecule has 3 aliphatic rings. The molecule has 0 radical (unpaired) electrons. The van der Waals surface area contributed by atoms with Crippen LogP contribution in [-0.4, -0.2) is 65.8 Å². The van der Waals surface area contributed by atoms with Gasteiger partial charge in [0.1, 0.15) is 5.75 Å². The summed E-state index contributed by atoms with van der Waals surface area (Å²) in [7, 11) is 1.58. The zero-order chi connectivity index (χ0) is 23.5. The van der Waals surface area contributed by atoms with Gasteiger partial charge in [-0.25, -0.2) is 4.79 Å². The summed E-state index contributed by atoms with van der Waals surface area (Å²) in [5, 5.41) is 0. The van der Waals surface area contributed by atoms with Crippen molar-refractivity contribution in [1.29, 1.82) is 0 Å². The van der Waals surface area contributed by atoms with E-state index in [0.717, 1.165) is 10.0 Å². The van der Waals surface area contributed by atoms with Gasteiger partial charge in [-0.1, -0.05) is 18.2 Å². The van der Waals surface area contributed by atoms with Crippen LogP contribution in [0.4, 0.5) is 0 Å². The molecule has 3 amide bonds. The lowest BCUT2D eigenvalue weighted by atomic mass is 9.96. The van der Waals surface area contributed by atoms with Gasteiger partial charge in [-0.3, -0.25) is 9.59 Å². The maximum Gasteiger partial charge on any atom is 0.455 e. The monoisotopic (exact) mass is 514 g/mol. The molecule has 0 saturated carbocycles. The number of benzene rings is 1. The Morgan fingerprint density at radius 1 is 1.30 bits per heavy atom. The Bertz CT molecular complexity index is 1110. The molecule has 8 nitrogen and oxygen atoms in total. The van der Waals surface area contributed by atoms with Crippen LogP contribution in [0.25, 0.3) is 6.08 Å². The highest BCUT2D eigenvalue weighted by atomic mass is 79.9. The smallest absolute Gasteiger partial charge is 0.455 e. The third kappa shape index (κ3) is 4.93. The Hall–Kier alpha value is -3.20. The van der Waals surface area contributed by atoms with Crippen molar-refractivity contribution in [2.24, 2.45) is 11.7 Å². The molecule has 172 valence electrons. The molecule has 2 aliphatic heterocycles. The van der Waals surface area contributed by atoms with E-state index in [9.17, 15) is 14.4 Å². The molecule has 1 fully saturated rings. The molecule has 1 saturated heterocycles. The van der Waals surface area contributed by atoms with Gasteiger partial charge in [-0.15, -0.1) is 4.58 Å². The molecule has 1 aromatic rings. The Morgan fingerprint density at radius 3 is 2.73 bits per heavy atom. The Labute approximate surface area is 200 Å². The van der Waals surface area contributed by atoms with Gasteiger partial charge in [0, 0.05) is 25.1 Å². The number of allylic oxidation sites excluding steroid dienone is 2. The summed E-state index contributed by atoms with van der Waals surface area (Å²) in [5.74, 6) is -0.259. The van der Waals surface area contributed by atoms with E-state index in [0.29, 0.717) is 37.4 Å². The van der Waals surface area contributed by atoms with E-state index in [4.69, 9.17) is 15.2 Å². The van der Waals surface area contributed by atoms with Crippen molar-refractivity contribution >= 4 is 45.4 Å². The van der Waals surface area contributed by atoms with Gasteiger partial charge >= 0.3 is 5.91 Å². The predicted molar refractivity (Wildman–Crippen MR) is 125 cm³/mol. The molecular weight excluding hydrogens is 490 g/mol. The van der Waals surface area contributed by atoms with Crippen molar-refractivity contribution in [3.63, 3.8) is 0 Å². The van der Waals surface area contributed by atoms with Crippen molar-refractivity contribution in [3.8, 4) is 5.75 Å². The lowest BCUT2D eigenvalue weighted by molar-refractivity contribution is -0.444. The van der Waals surface area contributed by atoms with Gasteiger partial charge in [0.05, 0.1) is 11.6 Å². The summed E-state index contributed by atoms with van der Waals surface area (Å²) < 4.78 is 13.5. The van der Waals surface area contributed by atoms with E-state index in [1.54, 1.807) is 30.2 Å². The number of carbonyl (C=O) groups is 3. The van der Waals surface area contributed by atoms with Crippen LogP contribution < -0.4 is 10.5 Å². The molecule has 1 atom stereocenters. The fraction of sp³-hybridized carbons (Fsp3) is 0.333. The topological polar surface area (TPSA) is 102 Å². The quantitative estimate of drug-likeness (QED) is 0.478. The van der Waals surface area contributed by atoms with Crippen LogP contribution in [0.3, 0.4) is 0 Å². The number of carbonyl (C=O) groups excluding carboxylic acids is 3. The summed E-state index contributed by atoms with van der Waals surface area (Å²) in [5.41, 5.74) is 6.77. The van der Waals surface area contributed by atoms with Crippen molar-refractivity contribution in [2.75, 3.05) is 26.7 Å². The van der Waals surface area contributed by atoms with Gasteiger partial charge in [-0.05, 0) is 58.6 Å². The maximum atomic E-state index is 13.3. The minimum atomic E-state index is -0.464. The average Bonchev–Trinajstić information content (AvgIpc) is 2.81. The first-order chi connectivity index (χ1) is 15.9. The average molecular weight is 515 g/mol. The number of fused-ring (bicyclic) bond motifs is 1. The van der Waals surface area contributed by atoms with Gasteiger partial charge in [0.15, 0.2) is 0 Å². The zero-order valence-corrected chi connectivity index (χ0v) is 19.8. The lowest BCUT2D eigenvalue weighted by Crippen LogP contribution is -2.49. The molecule has 2 N–H and O–H groups in total. The van der Waals surface area contributed by atoms with E-state index < -0.39 is 6.10 Å². The predicted octanol–water partition coefficient (Wildman–Crippen LogP) is 2.03. The van der Waals surface area contributed by atoms with Crippen molar-refractivity contribution in [1.82, 2.24) is 4.90 Å². The Morgan fingerprint density at radius 2 is 2.06 bits per heavy atom. The highest BCUT2D eigenvalue weighted by molar-refractivity contribution is 9.10. The Kier molecular flexibility index (Phi) is 6.78. The number of nitrogens with two attached hydrogens (primary N) is 1. The highest BCUT2D eigenvalue weighted by Gasteiger charge is 2.41. The second-order valence-corrected chi connectivity index (χ2v) is 8.91. The number of amides is 3. The van der Waals surface area contributed by atoms with Gasteiger partial charge in [0.2, 0.25) is 30.0 Å². The normalized spacial score (nSPS) is 21.8. The third-order valence-corrected chi connectivity index (χ3v) is 6.61. The van der Waals surface area contributed by atoms with E-state index in [2.05, 4.69) is 15.9 Å². The molecule has 0 bridgehead atoms. The molecule has 0 spiro atoms. The van der Waals surface area contributed by atoms with Crippen molar-refractivity contribution in [2.45, 2.75) is 18.9 Å². The summed E-state index contributed by atoms with van der Waals surface area (Å²) in [6.45, 7) is 0.793. The summed E-state index contributed by atoms with van der Waals surface area (Å²) in [4.78, 5) is 39.5. The Balaban J connectivity index is 1.57. The lowest BCUT2D eigenvalue weighted by Gasteiger charge is -2.30. The second-order valence-electron chi connectivity index (χ2n) is 8.06. The molecule has 1 unspecified atom stereocenters. The van der Waals surface area contributed by atoms with E-state index in [1.807, 2.05) is 30.4 Å². The second kappa shape index (κ2) is 9.74. The number of nitrogens with zero attached hydrogens (tertiary/aromatic N) is 2. The number of primary amides is 1. The largest absolute Gasteiger partial charge is 0.496 e. The SMILES string of the molecule is COc1ccc(/C=C2\OC3C=CC=CC3=[N+](CC(=O)N3CCC(C(N)=O)CC3)C2=O)cc1Br. The van der Waals surface area contributed by atoms with Gasteiger partial charge < -0.3 is 20.1 Å². The van der Waals surface area contributed by atoms with Crippen LogP contribution in [0.5, 0.6) is 5.75 Å². The van der Waals surface area contributed by atoms with E-state index in [-0.39, 0.29) is 35.9 Å². The summed E-state index contributed by atoms with van der Waals surface area (Å²) >= 11 is 3.45. The molecule has 2 heterocycles. The first-order valence-corrected chi connectivity index (χ1v) is 11.5. The number of ether oxygens (including phenoxy) is 2. The fourth-order valence-corrected chi connectivity index (χ4v) is 4.68. The van der Waals surface area contributed by atoms with Gasteiger partial charge in [-0.2, -0.15) is 0 Å². The minimum absolute atomic E-state index is 0.100. The summed E-state index contributed by atoms with van der Waals surface area (Å²) in [6.07, 6.45) is 9.56. The zero-order valence-electron chi connectivity index (χ0n) is 18.2. The number of halogens is 1. The van der Waals surface area contributed by atoms with Crippen molar-refractivity contribution in [3.05, 3.63) is 58.3 Å². The van der Waals surface area contributed by atoms with Crippen LogP contribution in [0.15, 0.2) is 52.7 Å². The standard InChI is InChI=1S/C24H24BrN3O5/c1-32-19-7-6-15(12-17(19)25)13-21-24(31)28(18-4-2-3-5-20(18)33-21)14-22(29)27-10-8-16(9-11-27)23(26)30/h2-7,12-13,16,20H,8-11,14H2,1H3,(H-,26,30)/p+1/b21-13-. The molecular formula is C24H25BrN3O5+. The summed E-state index contributed by atoms with van der Waals surface area (Å²) in [6, 6.07) is 5.44. The molecule has 0 aromatic heterocycles. The first kappa shape index (κ1) is 23.0. The van der Waals surface area contributed by atoms with Crippen LogP contribution in [0.2, 0.25) is 0 Å². The fourth-order valence-electron chi connectivity index (χ4n) is 4.12. The number of methoxy groups -OCH3 is 1. The number of hydrogen-bond acceptors (Lipinski definition) is 5. The number of piperidine rings is 1. The number of likely N-dealkylation sites (tertiary alicyclic amines) is 1. The minimum Gasteiger partial charge on any atom is -0.496 e. The molecule has 4 rings (SSSR count). The van der Waals surface area contributed by atoms with Crippen LogP contribution >= 0.6 is 15.9 Å². The molecule has 9 heteroatoms. The van der Waals surface area contributed by atoms with E-state index in [1.165, 1.54) is 4.58 Å². The van der Waals surface area contributed by atoms with E-state index >= 15 is 0 Å². The van der Waals surface area contributed by atoms with Crippen LogP contribution in [-0.2, 0) is 19.1 Å². The molecule has 1 aliphatic carbocycles. The maximum absolute atomic E-state index is 13.3. The number of hydrogen-bond donors (Lipinski definition) is 1. The molecule has 33 heavy (non-hydrogen) atoms. The third-order valence-electron chi connectivity index (χ3n) is 5.99. The molecule has 1 aromatic carbocycles.